The third-order valence-electron chi connectivity index (χ3n) is 6.50. The summed E-state index contributed by atoms with van der Waals surface area (Å²) in [5.41, 5.74) is 0. The fraction of sp³-hybridized carbons (Fsp3) is 0.926. The molecule has 1 fully saturated rings. The number of hydrogen-bond donors (Lipinski definition) is 2. The number of carboxylic acid groups (broad SMARTS) is 1. The molecule has 0 aromatic rings. The van der Waals surface area contributed by atoms with Gasteiger partial charge < -0.3 is 24.6 Å². The van der Waals surface area contributed by atoms with E-state index in [4.69, 9.17) is 27.2 Å². The SMILES string of the molecule is [B]C1OC(COF)C(OC(C)C)C1OCCCNC(=O)CCCCCCCCCCCCCCC(=O)O. The smallest absolute Gasteiger partial charge is 0.303 e. The molecule has 1 aliphatic heterocycles. The minimum atomic E-state index is -0.722. The lowest BCUT2D eigenvalue weighted by Crippen LogP contribution is -2.41. The molecule has 0 spiro atoms. The van der Waals surface area contributed by atoms with E-state index in [0.29, 0.717) is 32.4 Å². The van der Waals surface area contributed by atoms with Crippen molar-refractivity contribution in [2.24, 2.45) is 0 Å². The number of hydrogen-bond acceptors (Lipinski definition) is 6. The summed E-state index contributed by atoms with van der Waals surface area (Å²) >= 11 is 0. The van der Waals surface area contributed by atoms with Crippen LogP contribution in [-0.4, -0.2) is 75.0 Å². The molecule has 1 aliphatic rings. The maximum Gasteiger partial charge on any atom is 0.303 e. The Morgan fingerprint density at radius 3 is 1.95 bits per heavy atom. The summed E-state index contributed by atoms with van der Waals surface area (Å²) in [6, 6.07) is -0.722. The molecule has 10 heteroatoms. The van der Waals surface area contributed by atoms with Crippen LogP contribution in [0.15, 0.2) is 0 Å². The topological polar surface area (TPSA) is 103 Å². The highest BCUT2D eigenvalue weighted by Crippen LogP contribution is 2.26. The van der Waals surface area contributed by atoms with Gasteiger partial charge in [-0.15, -0.1) is 0 Å². The molecule has 1 heterocycles. The molecular formula is C27H49BFNO7. The normalized spacial score (nSPS) is 21.5. The van der Waals surface area contributed by atoms with Crippen LogP contribution < -0.4 is 5.32 Å². The van der Waals surface area contributed by atoms with Gasteiger partial charge in [-0.3, -0.25) is 9.59 Å². The van der Waals surface area contributed by atoms with E-state index in [9.17, 15) is 14.1 Å². The summed E-state index contributed by atoms with van der Waals surface area (Å²) < 4.78 is 29.5. The van der Waals surface area contributed by atoms with Crippen LogP contribution in [0.5, 0.6) is 0 Å². The van der Waals surface area contributed by atoms with E-state index in [1.165, 1.54) is 38.5 Å². The Kier molecular flexibility index (Phi) is 19.8. The lowest BCUT2D eigenvalue weighted by Gasteiger charge is -2.25. The van der Waals surface area contributed by atoms with Crippen LogP contribution in [0.25, 0.3) is 0 Å². The highest BCUT2D eigenvalue weighted by Gasteiger charge is 2.44. The first-order valence-corrected chi connectivity index (χ1v) is 14.2. The summed E-state index contributed by atoms with van der Waals surface area (Å²) in [4.78, 5) is 26.2. The summed E-state index contributed by atoms with van der Waals surface area (Å²) in [6.07, 6.45) is 13.2. The first kappa shape index (κ1) is 33.8. The number of aliphatic carboxylic acids is 1. The Morgan fingerprint density at radius 1 is 0.892 bits per heavy atom. The summed E-state index contributed by atoms with van der Waals surface area (Å²) in [5, 5.41) is 11.5. The Balaban J connectivity index is 1.95. The first-order chi connectivity index (χ1) is 17.8. The Bertz CT molecular complexity index is 599. The molecule has 0 aliphatic carbocycles. The van der Waals surface area contributed by atoms with Crippen LogP contribution in [-0.2, 0) is 28.7 Å². The number of unbranched alkanes of at least 4 members (excludes halogenated alkanes) is 11. The largest absolute Gasteiger partial charge is 0.481 e. The number of carbonyl (C=O) groups excluding carboxylic acids is 1. The highest BCUT2D eigenvalue weighted by atomic mass is 19.3. The molecule has 1 rings (SSSR count). The number of amides is 1. The van der Waals surface area contributed by atoms with Crippen molar-refractivity contribution in [2.45, 2.75) is 141 Å². The van der Waals surface area contributed by atoms with E-state index in [2.05, 4.69) is 10.3 Å². The van der Waals surface area contributed by atoms with Crippen LogP contribution in [0.3, 0.4) is 0 Å². The second kappa shape index (κ2) is 21.7. The zero-order valence-corrected chi connectivity index (χ0v) is 23.0. The Hall–Kier alpha value is -1.23. The van der Waals surface area contributed by atoms with E-state index in [1.54, 1.807) is 0 Å². The Labute approximate surface area is 224 Å². The van der Waals surface area contributed by atoms with Gasteiger partial charge in [-0.05, 0) is 37.6 Å². The van der Waals surface area contributed by atoms with Crippen molar-refractivity contribution in [3.05, 3.63) is 0 Å². The van der Waals surface area contributed by atoms with Gasteiger partial charge in [0.05, 0.1) is 6.10 Å². The van der Waals surface area contributed by atoms with E-state index in [1.807, 2.05) is 13.8 Å². The van der Waals surface area contributed by atoms with Gasteiger partial charge in [0, 0.05) is 32.0 Å². The van der Waals surface area contributed by atoms with Gasteiger partial charge >= 0.3 is 5.97 Å². The average Bonchev–Trinajstić information content (AvgIpc) is 3.12. The molecule has 4 atom stereocenters. The summed E-state index contributed by atoms with van der Waals surface area (Å²) in [5.74, 6) is -0.636. The van der Waals surface area contributed by atoms with Crippen LogP contribution in [0.2, 0.25) is 0 Å². The van der Waals surface area contributed by atoms with Crippen molar-refractivity contribution >= 4 is 19.7 Å². The molecule has 214 valence electrons. The lowest BCUT2D eigenvalue weighted by molar-refractivity contribution is -0.178. The molecule has 0 bridgehead atoms. The molecule has 8 nitrogen and oxygen atoms in total. The zero-order valence-electron chi connectivity index (χ0n) is 23.0. The fourth-order valence-electron chi connectivity index (χ4n) is 4.56. The number of ether oxygens (including phenoxy) is 3. The minimum absolute atomic E-state index is 0.0606. The second-order valence-electron chi connectivity index (χ2n) is 10.2. The van der Waals surface area contributed by atoms with E-state index < -0.39 is 30.3 Å². The van der Waals surface area contributed by atoms with Crippen LogP contribution >= 0.6 is 0 Å². The van der Waals surface area contributed by atoms with Gasteiger partial charge in [0.15, 0.2) is 0 Å². The van der Waals surface area contributed by atoms with Crippen LogP contribution in [0.4, 0.5) is 4.53 Å². The molecule has 1 amide bonds. The zero-order chi connectivity index (χ0) is 27.3. The maximum absolute atomic E-state index is 12.3. The first-order valence-electron chi connectivity index (χ1n) is 14.2. The lowest BCUT2D eigenvalue weighted by atomic mass is 9.92. The maximum atomic E-state index is 12.3. The van der Waals surface area contributed by atoms with Gasteiger partial charge in [-0.25, -0.2) is 0 Å². The molecule has 2 N–H and O–H groups in total. The predicted octanol–water partition coefficient (Wildman–Crippen LogP) is 5.01. The van der Waals surface area contributed by atoms with Gasteiger partial charge in [-0.2, -0.15) is 4.94 Å². The number of nitrogens with one attached hydrogen (secondary N) is 1. The standard InChI is InChI=1S/C27H49BFNO7/c1-21(2)36-25-22(20-35-29)37-27(28)26(25)34-19-15-18-30-23(31)16-13-11-9-7-5-3-4-6-8-10-12-14-17-24(32)33/h21-22,25-27H,3-20H2,1-2H3,(H,30,31)(H,32,33). The molecule has 1 saturated heterocycles. The van der Waals surface area contributed by atoms with Gasteiger partial charge in [0.25, 0.3) is 0 Å². The molecule has 0 saturated carbocycles. The van der Waals surface area contributed by atoms with E-state index >= 15 is 0 Å². The third-order valence-corrected chi connectivity index (χ3v) is 6.50. The predicted molar refractivity (Wildman–Crippen MR) is 141 cm³/mol. The van der Waals surface area contributed by atoms with Gasteiger partial charge in [0.1, 0.15) is 32.8 Å². The molecule has 0 aromatic heterocycles. The molecule has 0 aromatic carbocycles. The summed E-state index contributed by atoms with van der Waals surface area (Å²) in [6.45, 7) is 4.40. The highest BCUT2D eigenvalue weighted by molar-refractivity contribution is 6.11. The molecular weight excluding hydrogens is 480 g/mol. The van der Waals surface area contributed by atoms with Crippen molar-refractivity contribution in [1.82, 2.24) is 5.32 Å². The van der Waals surface area contributed by atoms with E-state index in [0.717, 1.165) is 38.5 Å². The van der Waals surface area contributed by atoms with Gasteiger partial charge in [-0.1, -0.05) is 64.2 Å². The minimum Gasteiger partial charge on any atom is -0.481 e. The number of carboxylic acids is 1. The van der Waals surface area contributed by atoms with Crippen molar-refractivity contribution in [3.63, 3.8) is 0 Å². The average molecular weight is 529 g/mol. The summed E-state index contributed by atoms with van der Waals surface area (Å²) in [7, 11) is 5.99. The second-order valence-corrected chi connectivity index (χ2v) is 10.2. The van der Waals surface area contributed by atoms with Crippen molar-refractivity contribution in [2.75, 3.05) is 19.8 Å². The Morgan fingerprint density at radius 2 is 1.43 bits per heavy atom. The molecule has 4 unspecified atom stereocenters. The fourth-order valence-corrected chi connectivity index (χ4v) is 4.56. The van der Waals surface area contributed by atoms with Gasteiger partial charge in [0.2, 0.25) is 5.91 Å². The van der Waals surface area contributed by atoms with Crippen molar-refractivity contribution in [3.8, 4) is 0 Å². The molecule has 2 radical (unpaired) electrons. The third kappa shape index (κ3) is 17.1. The monoisotopic (exact) mass is 529 g/mol. The van der Waals surface area contributed by atoms with Crippen LogP contribution in [0, 0.1) is 0 Å². The number of halogens is 1. The molecule has 37 heavy (non-hydrogen) atoms. The number of rotatable bonds is 24. The number of carbonyl (C=O) groups is 2. The van der Waals surface area contributed by atoms with E-state index in [-0.39, 0.29) is 18.6 Å². The van der Waals surface area contributed by atoms with Crippen LogP contribution in [0.1, 0.15) is 110 Å². The van der Waals surface area contributed by atoms with Crippen molar-refractivity contribution < 1.29 is 38.4 Å². The van der Waals surface area contributed by atoms with Crippen molar-refractivity contribution in [1.29, 1.82) is 0 Å². The quantitative estimate of drug-likeness (QED) is 0.134.